The third-order valence-electron chi connectivity index (χ3n) is 3.16. The molecule has 0 amide bonds. The van der Waals surface area contributed by atoms with E-state index in [0.29, 0.717) is 0 Å². The van der Waals surface area contributed by atoms with E-state index in [1.165, 1.54) is 0 Å². The molecule has 0 aliphatic carbocycles. The van der Waals surface area contributed by atoms with Gasteiger partial charge in [0.25, 0.3) is 0 Å². The van der Waals surface area contributed by atoms with E-state index in [9.17, 15) is 0 Å². The summed E-state index contributed by atoms with van der Waals surface area (Å²) < 4.78 is 5.36. The van der Waals surface area contributed by atoms with E-state index in [0.717, 1.165) is 28.0 Å². The minimum absolute atomic E-state index is 0.0955. The van der Waals surface area contributed by atoms with Gasteiger partial charge in [-0.05, 0) is 42.2 Å². The maximum atomic E-state index is 5.70. The smallest absolute Gasteiger partial charge is 0.122 e. The highest BCUT2D eigenvalue weighted by Gasteiger charge is 2.14. The summed E-state index contributed by atoms with van der Waals surface area (Å²) in [7, 11) is 1.67. The molecule has 2 rings (SSSR count). The molecule has 0 bridgehead atoms. The van der Waals surface area contributed by atoms with E-state index in [1.807, 2.05) is 44.4 Å². The lowest BCUT2D eigenvalue weighted by atomic mass is 9.98. The Bertz CT molecular complexity index is 569. The van der Waals surface area contributed by atoms with Crippen LogP contribution in [0.5, 0.6) is 5.75 Å². The predicted octanol–water partition coefficient (Wildman–Crippen LogP) is 2.26. The number of hydrazine groups is 1. The zero-order valence-electron chi connectivity index (χ0n) is 11.5. The van der Waals surface area contributed by atoms with Crippen molar-refractivity contribution in [3.05, 3.63) is 58.9 Å². The molecule has 0 saturated carbocycles. The van der Waals surface area contributed by atoms with Crippen LogP contribution in [0.25, 0.3) is 0 Å². The van der Waals surface area contributed by atoms with Gasteiger partial charge < -0.3 is 4.74 Å². The number of hydrogen-bond acceptors (Lipinski definition) is 4. The Hall–Kier alpha value is -1.91. The molecular formula is C15H19N3O. The maximum Gasteiger partial charge on any atom is 0.122 e. The number of aryl methyl sites for hydroxylation is 2. The van der Waals surface area contributed by atoms with Gasteiger partial charge in [0.15, 0.2) is 0 Å². The summed E-state index contributed by atoms with van der Waals surface area (Å²) in [5, 5.41) is 0. The number of rotatable bonds is 4. The molecule has 3 N–H and O–H groups in total. The van der Waals surface area contributed by atoms with Crippen molar-refractivity contribution in [1.29, 1.82) is 0 Å². The molecule has 2 aromatic rings. The van der Waals surface area contributed by atoms with Gasteiger partial charge in [-0.2, -0.15) is 0 Å². The van der Waals surface area contributed by atoms with Crippen molar-refractivity contribution in [2.75, 3.05) is 7.11 Å². The fraction of sp³-hybridized carbons (Fsp3) is 0.267. The van der Waals surface area contributed by atoms with Crippen LogP contribution in [0.4, 0.5) is 0 Å². The number of methoxy groups -OCH3 is 1. The molecule has 1 unspecified atom stereocenters. The summed E-state index contributed by atoms with van der Waals surface area (Å²) in [6.07, 6.45) is 3.65. The van der Waals surface area contributed by atoms with Gasteiger partial charge in [0.05, 0.1) is 13.2 Å². The zero-order valence-corrected chi connectivity index (χ0v) is 11.5. The van der Waals surface area contributed by atoms with Gasteiger partial charge in [-0.25, -0.2) is 5.43 Å². The lowest BCUT2D eigenvalue weighted by Crippen LogP contribution is -2.29. The highest BCUT2D eigenvalue weighted by molar-refractivity contribution is 5.41. The minimum Gasteiger partial charge on any atom is -0.496 e. The number of nitrogens with zero attached hydrogens (tertiary/aromatic N) is 1. The van der Waals surface area contributed by atoms with Crippen LogP contribution in [-0.2, 0) is 0 Å². The molecule has 4 heteroatoms. The van der Waals surface area contributed by atoms with Crippen molar-refractivity contribution >= 4 is 0 Å². The lowest BCUT2D eigenvalue weighted by Gasteiger charge is -2.18. The summed E-state index contributed by atoms with van der Waals surface area (Å²) in [5.41, 5.74) is 7.14. The molecule has 4 nitrogen and oxygen atoms in total. The van der Waals surface area contributed by atoms with E-state index in [2.05, 4.69) is 16.5 Å². The van der Waals surface area contributed by atoms with Crippen LogP contribution in [-0.4, -0.2) is 12.1 Å². The summed E-state index contributed by atoms with van der Waals surface area (Å²) in [6, 6.07) is 8.06. The van der Waals surface area contributed by atoms with Crippen molar-refractivity contribution in [2.45, 2.75) is 19.9 Å². The maximum absolute atomic E-state index is 5.70. The fourth-order valence-corrected chi connectivity index (χ4v) is 2.14. The first-order valence-corrected chi connectivity index (χ1v) is 6.18. The summed E-state index contributed by atoms with van der Waals surface area (Å²) >= 11 is 0. The van der Waals surface area contributed by atoms with Crippen LogP contribution in [0.3, 0.4) is 0 Å². The number of nitrogens with two attached hydrogens (primary N) is 1. The van der Waals surface area contributed by atoms with Crippen LogP contribution in [0.15, 0.2) is 36.7 Å². The Kier molecular flexibility index (Phi) is 4.14. The second-order valence-corrected chi connectivity index (χ2v) is 4.62. The second kappa shape index (κ2) is 5.82. The van der Waals surface area contributed by atoms with E-state index in [1.54, 1.807) is 7.11 Å². The second-order valence-electron chi connectivity index (χ2n) is 4.62. The van der Waals surface area contributed by atoms with Crippen molar-refractivity contribution in [1.82, 2.24) is 10.4 Å². The first-order valence-electron chi connectivity index (χ1n) is 6.18. The number of hydrogen-bond donors (Lipinski definition) is 2. The van der Waals surface area contributed by atoms with Crippen LogP contribution in [0, 0.1) is 13.8 Å². The molecule has 0 saturated heterocycles. The largest absolute Gasteiger partial charge is 0.496 e. The molecule has 0 fully saturated rings. The van der Waals surface area contributed by atoms with Gasteiger partial charge >= 0.3 is 0 Å². The van der Waals surface area contributed by atoms with Gasteiger partial charge in [-0.3, -0.25) is 10.8 Å². The number of pyridine rings is 1. The highest BCUT2D eigenvalue weighted by atomic mass is 16.5. The SMILES string of the molecule is COc1cc(C(NN)c2cncc(C)c2)ccc1C. The standard InChI is InChI=1S/C15H19N3O/c1-10-6-13(9-17-8-10)15(18-16)12-5-4-11(2)14(7-12)19-3/h4-9,15,18H,16H2,1-3H3. The molecule has 0 aliphatic rings. The molecule has 1 aromatic carbocycles. The predicted molar refractivity (Wildman–Crippen MR) is 75.9 cm³/mol. The van der Waals surface area contributed by atoms with Crippen molar-refractivity contribution in [2.24, 2.45) is 5.84 Å². The average molecular weight is 257 g/mol. The fourth-order valence-electron chi connectivity index (χ4n) is 2.14. The molecule has 1 aromatic heterocycles. The Morgan fingerprint density at radius 2 is 1.95 bits per heavy atom. The van der Waals surface area contributed by atoms with E-state index in [-0.39, 0.29) is 6.04 Å². The van der Waals surface area contributed by atoms with Crippen LogP contribution >= 0.6 is 0 Å². The average Bonchev–Trinajstić information content (AvgIpc) is 2.41. The molecule has 0 radical (unpaired) electrons. The van der Waals surface area contributed by atoms with Gasteiger partial charge in [-0.15, -0.1) is 0 Å². The minimum atomic E-state index is -0.0955. The van der Waals surface area contributed by atoms with Gasteiger partial charge in [0.1, 0.15) is 5.75 Å². The van der Waals surface area contributed by atoms with E-state index in [4.69, 9.17) is 10.6 Å². The van der Waals surface area contributed by atoms with Gasteiger partial charge in [-0.1, -0.05) is 18.2 Å². The quantitative estimate of drug-likeness (QED) is 0.651. The monoisotopic (exact) mass is 257 g/mol. The van der Waals surface area contributed by atoms with Gasteiger partial charge in [0, 0.05) is 12.4 Å². The molecule has 19 heavy (non-hydrogen) atoms. The van der Waals surface area contributed by atoms with Crippen molar-refractivity contribution in [3.63, 3.8) is 0 Å². The first kappa shape index (κ1) is 13.5. The van der Waals surface area contributed by atoms with Crippen LogP contribution in [0.1, 0.15) is 28.3 Å². The van der Waals surface area contributed by atoms with Gasteiger partial charge in [0.2, 0.25) is 0 Å². The highest BCUT2D eigenvalue weighted by Crippen LogP contribution is 2.27. The Morgan fingerprint density at radius 3 is 2.58 bits per heavy atom. The van der Waals surface area contributed by atoms with Crippen molar-refractivity contribution in [3.8, 4) is 5.75 Å². The zero-order chi connectivity index (χ0) is 13.8. The topological polar surface area (TPSA) is 60.2 Å². The Labute approximate surface area is 113 Å². The molecule has 100 valence electrons. The number of benzene rings is 1. The van der Waals surface area contributed by atoms with Crippen LogP contribution < -0.4 is 16.0 Å². The van der Waals surface area contributed by atoms with E-state index >= 15 is 0 Å². The normalized spacial score (nSPS) is 12.2. The number of aromatic nitrogens is 1. The first-order chi connectivity index (χ1) is 9.15. The van der Waals surface area contributed by atoms with Crippen LogP contribution in [0.2, 0.25) is 0 Å². The molecule has 1 heterocycles. The molecule has 0 spiro atoms. The third-order valence-corrected chi connectivity index (χ3v) is 3.16. The summed E-state index contributed by atoms with van der Waals surface area (Å²) in [4.78, 5) is 4.21. The van der Waals surface area contributed by atoms with Crippen molar-refractivity contribution < 1.29 is 4.74 Å². The molecule has 1 atom stereocenters. The lowest BCUT2D eigenvalue weighted by molar-refractivity contribution is 0.410. The number of nitrogens with one attached hydrogen (secondary N) is 1. The summed E-state index contributed by atoms with van der Waals surface area (Å²) in [5.74, 6) is 6.56. The molecular weight excluding hydrogens is 238 g/mol. The van der Waals surface area contributed by atoms with E-state index < -0.39 is 0 Å². The molecule has 0 aliphatic heterocycles. The Balaban J connectivity index is 2.42. The number of ether oxygens (including phenoxy) is 1. The Morgan fingerprint density at radius 1 is 1.16 bits per heavy atom. The third kappa shape index (κ3) is 2.92. The summed E-state index contributed by atoms with van der Waals surface area (Å²) in [6.45, 7) is 4.03.